The number of benzene rings is 2. The van der Waals surface area contributed by atoms with E-state index in [1.54, 1.807) is 6.07 Å². The minimum absolute atomic E-state index is 0.117. The van der Waals surface area contributed by atoms with Crippen molar-refractivity contribution in [2.75, 3.05) is 0 Å². The first-order valence-corrected chi connectivity index (χ1v) is 6.86. The van der Waals surface area contributed by atoms with Crippen LogP contribution >= 0.6 is 11.8 Å². The van der Waals surface area contributed by atoms with Crippen molar-refractivity contribution in [2.45, 2.75) is 29.4 Å². The van der Waals surface area contributed by atoms with Gasteiger partial charge in [-0.3, -0.25) is 0 Å². The molecule has 0 aliphatic carbocycles. The summed E-state index contributed by atoms with van der Waals surface area (Å²) >= 11 is 1.31. The summed E-state index contributed by atoms with van der Waals surface area (Å²) in [6.07, 6.45) is -4.38. The third-order valence-corrected chi connectivity index (χ3v) is 3.81. The Morgan fingerprint density at radius 3 is 2.35 bits per heavy atom. The Morgan fingerprint density at radius 1 is 1.05 bits per heavy atom. The van der Waals surface area contributed by atoms with Crippen molar-refractivity contribution < 1.29 is 13.2 Å². The zero-order chi connectivity index (χ0) is 14.8. The molecule has 2 N–H and O–H groups in total. The van der Waals surface area contributed by atoms with E-state index in [-0.39, 0.29) is 12.1 Å². The molecule has 2 rings (SSSR count). The van der Waals surface area contributed by atoms with Gasteiger partial charge in [-0.2, -0.15) is 13.2 Å². The maximum atomic E-state index is 13.0. The van der Waals surface area contributed by atoms with Gasteiger partial charge in [0.05, 0.1) is 5.56 Å². The Bertz CT molecular complexity index is 608. The first kappa shape index (κ1) is 14.9. The smallest absolute Gasteiger partial charge is 0.326 e. The lowest BCUT2D eigenvalue weighted by Gasteiger charge is -2.13. The predicted octanol–water partition coefficient (Wildman–Crippen LogP) is 4.62. The number of alkyl halides is 3. The SMILES string of the molecule is Cc1cccc(Sc2ccc(CN)c(C(F)(F)F)c2)c1. The van der Waals surface area contributed by atoms with Crippen molar-refractivity contribution in [1.82, 2.24) is 0 Å². The molecule has 106 valence electrons. The molecule has 0 amide bonds. The second-order valence-electron chi connectivity index (χ2n) is 4.44. The largest absolute Gasteiger partial charge is 0.416 e. The molecule has 0 aromatic heterocycles. The Balaban J connectivity index is 2.34. The van der Waals surface area contributed by atoms with Gasteiger partial charge in [-0.05, 0) is 36.8 Å². The van der Waals surface area contributed by atoms with E-state index >= 15 is 0 Å². The highest BCUT2D eigenvalue weighted by Gasteiger charge is 2.33. The highest BCUT2D eigenvalue weighted by molar-refractivity contribution is 7.99. The average Bonchev–Trinajstić information content (AvgIpc) is 2.37. The normalized spacial score (nSPS) is 11.7. The van der Waals surface area contributed by atoms with Crippen LogP contribution < -0.4 is 5.73 Å². The van der Waals surface area contributed by atoms with Crippen molar-refractivity contribution in [3.8, 4) is 0 Å². The van der Waals surface area contributed by atoms with Crippen molar-refractivity contribution >= 4 is 11.8 Å². The van der Waals surface area contributed by atoms with Crippen molar-refractivity contribution in [1.29, 1.82) is 0 Å². The van der Waals surface area contributed by atoms with Crippen molar-refractivity contribution in [3.63, 3.8) is 0 Å². The van der Waals surface area contributed by atoms with Gasteiger partial charge in [0, 0.05) is 16.3 Å². The molecule has 0 radical (unpaired) electrons. The molecule has 0 bridgehead atoms. The van der Waals surface area contributed by atoms with E-state index in [0.29, 0.717) is 4.90 Å². The fourth-order valence-corrected chi connectivity index (χ4v) is 2.85. The molecule has 5 heteroatoms. The van der Waals surface area contributed by atoms with Crippen LogP contribution in [0.1, 0.15) is 16.7 Å². The molecule has 0 fully saturated rings. The molecule has 0 saturated heterocycles. The molecular weight excluding hydrogens is 283 g/mol. The van der Waals surface area contributed by atoms with E-state index < -0.39 is 11.7 Å². The highest BCUT2D eigenvalue weighted by atomic mass is 32.2. The fourth-order valence-electron chi connectivity index (χ4n) is 1.88. The standard InChI is InChI=1S/C15H14F3NS/c1-10-3-2-4-12(7-10)20-13-6-5-11(9-19)14(8-13)15(16,17)18/h2-8H,9,19H2,1H3. The van der Waals surface area contributed by atoms with E-state index in [1.165, 1.54) is 17.8 Å². The van der Waals surface area contributed by atoms with Crippen molar-refractivity contribution in [2.24, 2.45) is 5.73 Å². The van der Waals surface area contributed by atoms with Gasteiger partial charge in [-0.25, -0.2) is 0 Å². The van der Waals surface area contributed by atoms with Crippen LogP contribution in [0.25, 0.3) is 0 Å². The molecule has 0 aliphatic rings. The highest BCUT2D eigenvalue weighted by Crippen LogP contribution is 2.36. The summed E-state index contributed by atoms with van der Waals surface area (Å²) in [5, 5.41) is 0. The lowest BCUT2D eigenvalue weighted by molar-refractivity contribution is -0.138. The minimum Gasteiger partial charge on any atom is -0.326 e. The summed E-state index contributed by atoms with van der Waals surface area (Å²) in [6.45, 7) is 1.83. The molecule has 0 heterocycles. The first-order chi connectivity index (χ1) is 9.40. The summed E-state index contributed by atoms with van der Waals surface area (Å²) in [7, 11) is 0. The van der Waals surface area contributed by atoms with Crippen LogP contribution in [0.2, 0.25) is 0 Å². The van der Waals surface area contributed by atoms with E-state index in [2.05, 4.69) is 0 Å². The monoisotopic (exact) mass is 297 g/mol. The molecular formula is C15H14F3NS. The van der Waals surface area contributed by atoms with Crippen LogP contribution in [-0.2, 0) is 12.7 Å². The van der Waals surface area contributed by atoms with Gasteiger partial charge >= 0.3 is 6.18 Å². The zero-order valence-electron chi connectivity index (χ0n) is 10.9. The Labute approximate surface area is 120 Å². The number of hydrogen-bond donors (Lipinski definition) is 1. The van der Waals surface area contributed by atoms with Gasteiger partial charge in [-0.15, -0.1) is 0 Å². The van der Waals surface area contributed by atoms with Crippen LogP contribution in [0.5, 0.6) is 0 Å². The molecule has 0 unspecified atom stereocenters. The summed E-state index contributed by atoms with van der Waals surface area (Å²) in [5.41, 5.74) is 5.90. The Hall–Kier alpha value is -1.46. The zero-order valence-corrected chi connectivity index (χ0v) is 11.7. The Kier molecular flexibility index (Phi) is 4.40. The molecule has 2 aromatic carbocycles. The molecule has 20 heavy (non-hydrogen) atoms. The van der Waals surface area contributed by atoms with Crippen LogP contribution in [0, 0.1) is 6.92 Å². The summed E-state index contributed by atoms with van der Waals surface area (Å²) in [5.74, 6) is 0. The van der Waals surface area contributed by atoms with E-state index in [9.17, 15) is 13.2 Å². The number of nitrogens with two attached hydrogens (primary N) is 1. The molecule has 0 saturated carbocycles. The third kappa shape index (κ3) is 3.55. The predicted molar refractivity (Wildman–Crippen MR) is 74.6 cm³/mol. The summed E-state index contributed by atoms with van der Waals surface area (Å²) in [6, 6.07) is 11.9. The number of hydrogen-bond acceptors (Lipinski definition) is 2. The number of halogens is 3. The second kappa shape index (κ2) is 5.89. The number of rotatable bonds is 3. The van der Waals surface area contributed by atoms with Gasteiger partial charge in [0.2, 0.25) is 0 Å². The third-order valence-electron chi connectivity index (χ3n) is 2.83. The van der Waals surface area contributed by atoms with E-state index in [0.717, 1.165) is 16.5 Å². The van der Waals surface area contributed by atoms with Crippen molar-refractivity contribution in [3.05, 3.63) is 59.2 Å². The molecule has 0 atom stereocenters. The minimum atomic E-state index is -4.38. The maximum absolute atomic E-state index is 13.0. The van der Waals surface area contributed by atoms with Gasteiger partial charge in [0.1, 0.15) is 0 Å². The fraction of sp³-hybridized carbons (Fsp3) is 0.200. The molecule has 0 aliphatic heterocycles. The number of aryl methyl sites for hydroxylation is 1. The Morgan fingerprint density at radius 2 is 1.75 bits per heavy atom. The van der Waals surface area contributed by atoms with Gasteiger partial charge in [0.15, 0.2) is 0 Å². The second-order valence-corrected chi connectivity index (χ2v) is 5.59. The lowest BCUT2D eigenvalue weighted by Crippen LogP contribution is -2.11. The first-order valence-electron chi connectivity index (χ1n) is 6.05. The lowest BCUT2D eigenvalue weighted by atomic mass is 10.1. The van der Waals surface area contributed by atoms with Gasteiger partial charge in [0.25, 0.3) is 0 Å². The maximum Gasteiger partial charge on any atom is 0.416 e. The summed E-state index contributed by atoms with van der Waals surface area (Å²) in [4.78, 5) is 1.47. The van der Waals surface area contributed by atoms with E-state index in [1.807, 2.05) is 31.2 Å². The van der Waals surface area contributed by atoms with E-state index in [4.69, 9.17) is 5.73 Å². The van der Waals surface area contributed by atoms with Crippen LogP contribution in [0.3, 0.4) is 0 Å². The average molecular weight is 297 g/mol. The topological polar surface area (TPSA) is 26.0 Å². The van der Waals surface area contributed by atoms with Crippen LogP contribution in [0.15, 0.2) is 52.3 Å². The van der Waals surface area contributed by atoms with Crippen LogP contribution in [0.4, 0.5) is 13.2 Å². The quantitative estimate of drug-likeness (QED) is 0.894. The van der Waals surface area contributed by atoms with Crippen LogP contribution in [-0.4, -0.2) is 0 Å². The van der Waals surface area contributed by atoms with Gasteiger partial charge in [-0.1, -0.05) is 35.5 Å². The summed E-state index contributed by atoms with van der Waals surface area (Å²) < 4.78 is 38.9. The molecule has 2 aromatic rings. The molecule has 1 nitrogen and oxygen atoms in total. The van der Waals surface area contributed by atoms with Gasteiger partial charge < -0.3 is 5.73 Å². The molecule has 0 spiro atoms.